The second kappa shape index (κ2) is 7.46. The third kappa shape index (κ3) is 4.86. The van der Waals surface area contributed by atoms with Gasteiger partial charge in [-0.3, -0.25) is 0 Å². The zero-order chi connectivity index (χ0) is 14.2. The summed E-state index contributed by atoms with van der Waals surface area (Å²) < 4.78 is 11.0. The molecule has 2 aromatic rings. The maximum atomic E-state index is 5.79. The van der Waals surface area contributed by atoms with E-state index in [1.54, 1.807) is 12.1 Å². The molecule has 0 saturated carbocycles. The average Bonchev–Trinajstić information content (AvgIpc) is 2.46. The number of nitrogens with two attached hydrogens (primary N) is 1. The number of nitrogen functional groups attached to an aromatic ring is 1. The Labute approximate surface area is 123 Å². The van der Waals surface area contributed by atoms with Crippen molar-refractivity contribution in [2.45, 2.75) is 0 Å². The van der Waals surface area contributed by atoms with Crippen LogP contribution in [-0.4, -0.2) is 13.2 Å². The minimum Gasteiger partial charge on any atom is -0.490 e. The highest BCUT2D eigenvalue weighted by atomic mass is 35.5. The molecular weight excluding hydrogens is 274 g/mol. The molecule has 0 aliphatic rings. The quantitative estimate of drug-likeness (QED) is 0.647. The molecule has 2 N–H and O–H groups in total. The molecule has 0 heterocycles. The van der Waals surface area contributed by atoms with E-state index >= 15 is 0 Å². The summed E-state index contributed by atoms with van der Waals surface area (Å²) in [4.78, 5) is 0. The van der Waals surface area contributed by atoms with Crippen LogP contribution in [-0.2, 0) is 0 Å². The lowest BCUT2D eigenvalue weighted by Gasteiger charge is -2.04. The highest BCUT2D eigenvalue weighted by Crippen LogP contribution is 2.15. The Balaban J connectivity index is 1.67. The minimum atomic E-state index is 0.493. The Hall–Kier alpha value is -2.13. The summed E-state index contributed by atoms with van der Waals surface area (Å²) in [6, 6.07) is 14.6. The minimum absolute atomic E-state index is 0.493. The van der Waals surface area contributed by atoms with Gasteiger partial charge in [0.1, 0.15) is 24.7 Å². The van der Waals surface area contributed by atoms with Crippen molar-refractivity contribution in [2.75, 3.05) is 18.9 Å². The summed E-state index contributed by atoms with van der Waals surface area (Å²) in [5.41, 5.74) is 6.32. The van der Waals surface area contributed by atoms with Crippen LogP contribution in [0.4, 0.5) is 5.69 Å². The Morgan fingerprint density at radius 1 is 0.800 bits per heavy atom. The number of anilines is 1. The molecule has 0 atom stereocenters. The predicted octanol–water partition coefficient (Wildman–Crippen LogP) is 3.94. The maximum Gasteiger partial charge on any atom is 0.119 e. The van der Waals surface area contributed by atoms with Gasteiger partial charge < -0.3 is 15.2 Å². The van der Waals surface area contributed by atoms with Crippen molar-refractivity contribution >= 4 is 17.3 Å². The fraction of sp³-hybridized carbons (Fsp3) is 0.125. The Morgan fingerprint density at radius 2 is 1.25 bits per heavy atom. The normalized spacial score (nSPS) is 10.7. The van der Waals surface area contributed by atoms with Crippen LogP contribution < -0.4 is 15.2 Å². The molecule has 0 aliphatic carbocycles. The van der Waals surface area contributed by atoms with Gasteiger partial charge in [-0.05, 0) is 60.7 Å². The van der Waals surface area contributed by atoms with Crippen LogP contribution >= 0.6 is 11.6 Å². The smallest absolute Gasteiger partial charge is 0.119 e. The van der Waals surface area contributed by atoms with Gasteiger partial charge in [0.15, 0.2) is 0 Å². The van der Waals surface area contributed by atoms with Crippen molar-refractivity contribution in [3.63, 3.8) is 0 Å². The fourth-order valence-electron chi connectivity index (χ4n) is 1.52. The number of ether oxygens (including phenoxy) is 2. The van der Waals surface area contributed by atoms with Crippen molar-refractivity contribution in [2.24, 2.45) is 0 Å². The predicted molar refractivity (Wildman–Crippen MR) is 82.4 cm³/mol. The largest absolute Gasteiger partial charge is 0.490 e. The zero-order valence-corrected chi connectivity index (χ0v) is 11.7. The third-order valence-corrected chi connectivity index (χ3v) is 2.80. The van der Waals surface area contributed by atoms with Gasteiger partial charge in [-0.15, -0.1) is 0 Å². The summed E-state index contributed by atoms with van der Waals surface area (Å²) in [6.45, 7) is 0.987. The molecule has 0 radical (unpaired) electrons. The van der Waals surface area contributed by atoms with Crippen LogP contribution in [0.3, 0.4) is 0 Å². The van der Waals surface area contributed by atoms with E-state index in [1.165, 1.54) is 0 Å². The number of benzene rings is 2. The van der Waals surface area contributed by atoms with Crippen LogP contribution in [0.2, 0.25) is 5.02 Å². The number of hydrogen-bond acceptors (Lipinski definition) is 3. The van der Waals surface area contributed by atoms with Gasteiger partial charge in [0, 0.05) is 10.7 Å². The van der Waals surface area contributed by atoms with Gasteiger partial charge in [0.2, 0.25) is 0 Å². The number of halogens is 1. The van der Waals surface area contributed by atoms with Crippen LogP contribution in [0, 0.1) is 0 Å². The molecule has 0 amide bonds. The van der Waals surface area contributed by atoms with E-state index in [9.17, 15) is 0 Å². The maximum absolute atomic E-state index is 5.79. The van der Waals surface area contributed by atoms with Crippen LogP contribution in [0.1, 0.15) is 0 Å². The van der Waals surface area contributed by atoms with E-state index in [0.717, 1.165) is 17.2 Å². The molecule has 0 aromatic heterocycles. The second-order valence-electron chi connectivity index (χ2n) is 4.12. The van der Waals surface area contributed by atoms with Crippen molar-refractivity contribution in [1.29, 1.82) is 0 Å². The Bertz CT molecular complexity index is 498. The monoisotopic (exact) mass is 289 g/mol. The summed E-state index contributed by atoms with van der Waals surface area (Å²) >= 11 is 5.79. The number of rotatable bonds is 6. The highest BCUT2D eigenvalue weighted by molar-refractivity contribution is 6.30. The molecule has 0 fully saturated rings. The molecule has 2 aromatic carbocycles. The van der Waals surface area contributed by atoms with Crippen molar-refractivity contribution < 1.29 is 9.47 Å². The Kier molecular flexibility index (Phi) is 5.33. The first-order chi connectivity index (χ1) is 9.74. The summed E-state index contributed by atoms with van der Waals surface area (Å²) in [5, 5.41) is 0.699. The molecule has 4 heteroatoms. The topological polar surface area (TPSA) is 44.5 Å². The van der Waals surface area contributed by atoms with E-state index in [-0.39, 0.29) is 0 Å². The van der Waals surface area contributed by atoms with Gasteiger partial charge in [-0.2, -0.15) is 0 Å². The SMILES string of the molecule is Nc1ccc(OCC=CCOc2ccc(Cl)cc2)cc1. The van der Waals surface area contributed by atoms with Crippen LogP contribution in [0.15, 0.2) is 60.7 Å². The summed E-state index contributed by atoms with van der Waals surface area (Å²) in [7, 11) is 0. The summed E-state index contributed by atoms with van der Waals surface area (Å²) in [6.07, 6.45) is 3.82. The van der Waals surface area contributed by atoms with Gasteiger partial charge >= 0.3 is 0 Å². The first-order valence-electron chi connectivity index (χ1n) is 6.26. The van der Waals surface area contributed by atoms with Crippen molar-refractivity contribution in [1.82, 2.24) is 0 Å². The average molecular weight is 290 g/mol. The van der Waals surface area contributed by atoms with Crippen molar-refractivity contribution in [3.05, 3.63) is 65.7 Å². The first-order valence-corrected chi connectivity index (χ1v) is 6.63. The van der Waals surface area contributed by atoms with E-state index in [2.05, 4.69) is 0 Å². The fourth-order valence-corrected chi connectivity index (χ4v) is 1.65. The van der Waals surface area contributed by atoms with Crippen LogP contribution in [0.25, 0.3) is 0 Å². The zero-order valence-electron chi connectivity index (χ0n) is 11.0. The van der Waals surface area contributed by atoms with Gasteiger partial charge in [-0.1, -0.05) is 11.6 Å². The van der Waals surface area contributed by atoms with Gasteiger partial charge in [-0.25, -0.2) is 0 Å². The summed E-state index contributed by atoms with van der Waals surface area (Å²) in [5.74, 6) is 1.58. The third-order valence-electron chi connectivity index (χ3n) is 2.55. The molecule has 20 heavy (non-hydrogen) atoms. The van der Waals surface area contributed by atoms with Gasteiger partial charge in [0.25, 0.3) is 0 Å². The van der Waals surface area contributed by atoms with E-state index in [4.69, 9.17) is 26.8 Å². The van der Waals surface area contributed by atoms with Crippen molar-refractivity contribution in [3.8, 4) is 11.5 Å². The molecule has 2 rings (SSSR count). The molecule has 0 spiro atoms. The standard InChI is InChI=1S/C16H16ClNO2/c17-13-3-7-15(8-4-13)19-11-1-2-12-20-16-9-5-14(18)6-10-16/h1-10H,11-12,18H2. The molecule has 0 saturated heterocycles. The van der Waals surface area contributed by atoms with Crippen LogP contribution in [0.5, 0.6) is 11.5 Å². The molecule has 0 aliphatic heterocycles. The van der Waals surface area contributed by atoms with E-state index in [1.807, 2.05) is 48.6 Å². The highest BCUT2D eigenvalue weighted by Gasteiger charge is 1.92. The lowest BCUT2D eigenvalue weighted by molar-refractivity contribution is 0.350. The second-order valence-corrected chi connectivity index (χ2v) is 4.55. The van der Waals surface area contributed by atoms with Gasteiger partial charge in [0.05, 0.1) is 0 Å². The lowest BCUT2D eigenvalue weighted by atomic mass is 10.3. The van der Waals surface area contributed by atoms with E-state index < -0.39 is 0 Å². The number of hydrogen-bond donors (Lipinski definition) is 1. The molecule has 104 valence electrons. The molecule has 3 nitrogen and oxygen atoms in total. The molecular formula is C16H16ClNO2. The molecule has 0 bridgehead atoms. The lowest BCUT2D eigenvalue weighted by Crippen LogP contribution is -1.96. The first kappa shape index (κ1) is 14.3. The molecule has 0 unspecified atom stereocenters. The van der Waals surface area contributed by atoms with E-state index in [0.29, 0.717) is 18.2 Å². The Morgan fingerprint density at radius 3 is 1.75 bits per heavy atom.